The van der Waals surface area contributed by atoms with Crippen molar-refractivity contribution in [1.82, 2.24) is 19.3 Å². The normalized spacial score (nSPS) is 11.3. The van der Waals surface area contributed by atoms with E-state index < -0.39 is 0 Å². The Balaban J connectivity index is 1.41. The van der Waals surface area contributed by atoms with Gasteiger partial charge in [0.15, 0.2) is 11.4 Å². The number of nitrogens with one attached hydrogen (secondary N) is 1. The third kappa shape index (κ3) is 3.40. The van der Waals surface area contributed by atoms with Crippen LogP contribution in [0.25, 0.3) is 16.7 Å². The van der Waals surface area contributed by atoms with Crippen molar-refractivity contribution in [3.8, 4) is 0 Å². The molecule has 0 aliphatic heterocycles. The molecule has 1 N–H and O–H groups in total. The van der Waals surface area contributed by atoms with Gasteiger partial charge in [0.1, 0.15) is 11.3 Å². The van der Waals surface area contributed by atoms with Crippen molar-refractivity contribution in [1.29, 1.82) is 0 Å². The fourth-order valence-electron chi connectivity index (χ4n) is 3.74. The number of amides is 1. The molecule has 0 aliphatic rings. The molecule has 0 fully saturated rings. The molecule has 1 amide bonds. The summed E-state index contributed by atoms with van der Waals surface area (Å²) in [6, 6.07) is 18.6. The molecule has 0 spiro atoms. The third-order valence-electron chi connectivity index (χ3n) is 5.39. The summed E-state index contributed by atoms with van der Waals surface area (Å²) in [6.45, 7) is 2.60. The van der Waals surface area contributed by atoms with Crippen LogP contribution in [0.5, 0.6) is 0 Å². The number of furan rings is 1. The van der Waals surface area contributed by atoms with E-state index >= 15 is 0 Å². The summed E-state index contributed by atoms with van der Waals surface area (Å²) >= 11 is 0. The molecule has 4 heterocycles. The first-order chi connectivity index (χ1) is 15.1. The lowest BCUT2D eigenvalue weighted by atomic mass is 10.1. The van der Waals surface area contributed by atoms with Gasteiger partial charge < -0.3 is 14.1 Å². The molecule has 1 aromatic carbocycles. The van der Waals surface area contributed by atoms with Gasteiger partial charge in [0.25, 0.3) is 11.5 Å². The van der Waals surface area contributed by atoms with Crippen LogP contribution in [0, 0.1) is 6.92 Å². The number of hydrogen-bond donors (Lipinski definition) is 1. The molecule has 0 aliphatic carbocycles. The number of aryl methyl sites for hydroxylation is 1. The molecule has 0 atom stereocenters. The summed E-state index contributed by atoms with van der Waals surface area (Å²) < 4.78 is 9.15. The van der Waals surface area contributed by atoms with Crippen molar-refractivity contribution in [3.63, 3.8) is 0 Å². The second kappa shape index (κ2) is 7.60. The van der Waals surface area contributed by atoms with Crippen LogP contribution in [0.15, 0.2) is 82.3 Å². The van der Waals surface area contributed by atoms with Gasteiger partial charge in [0, 0.05) is 18.9 Å². The Morgan fingerprint density at radius 3 is 2.74 bits per heavy atom. The van der Waals surface area contributed by atoms with E-state index in [2.05, 4.69) is 10.3 Å². The van der Waals surface area contributed by atoms with Gasteiger partial charge >= 0.3 is 0 Å². The summed E-state index contributed by atoms with van der Waals surface area (Å²) in [6.07, 6.45) is 3.50. The molecule has 0 saturated carbocycles. The van der Waals surface area contributed by atoms with E-state index in [1.807, 2.05) is 60.0 Å². The number of pyridine rings is 1. The first-order valence-electron chi connectivity index (χ1n) is 9.98. The number of rotatable bonds is 5. The average Bonchev–Trinajstić information content (AvgIpc) is 3.46. The fourth-order valence-corrected chi connectivity index (χ4v) is 3.74. The smallest absolute Gasteiger partial charge is 0.287 e. The maximum Gasteiger partial charge on any atom is 0.287 e. The lowest BCUT2D eigenvalue weighted by molar-refractivity contribution is 0.0921. The predicted molar refractivity (Wildman–Crippen MR) is 117 cm³/mol. The first kappa shape index (κ1) is 18.9. The molecule has 0 unspecified atom stereocenters. The zero-order chi connectivity index (χ0) is 21.4. The monoisotopic (exact) mass is 412 g/mol. The molecule has 4 aromatic heterocycles. The molecule has 31 heavy (non-hydrogen) atoms. The van der Waals surface area contributed by atoms with E-state index in [0.29, 0.717) is 23.5 Å². The van der Waals surface area contributed by atoms with Crippen LogP contribution < -0.4 is 10.9 Å². The molecule has 0 radical (unpaired) electrons. The zero-order valence-electron chi connectivity index (χ0n) is 16.9. The molecule has 5 aromatic rings. The van der Waals surface area contributed by atoms with E-state index in [1.165, 1.54) is 0 Å². The standard InChI is InChI=1S/C24H20N4O3/c1-16-6-2-3-7-17(16)14-26-23(29)21-11-10-18(31-21)15-28-22-19(8-4-12-25-22)27-13-5-9-20(27)24(28)30/h2-13H,14-15H2,1H3,(H,26,29). The van der Waals surface area contributed by atoms with Crippen molar-refractivity contribution in [2.45, 2.75) is 20.0 Å². The highest BCUT2D eigenvalue weighted by molar-refractivity contribution is 5.91. The van der Waals surface area contributed by atoms with Gasteiger partial charge in [-0.1, -0.05) is 24.3 Å². The van der Waals surface area contributed by atoms with Crippen LogP contribution in [0.1, 0.15) is 27.4 Å². The number of aromatic nitrogens is 3. The Hall–Kier alpha value is -4.13. The van der Waals surface area contributed by atoms with Crippen molar-refractivity contribution in [2.24, 2.45) is 0 Å². The van der Waals surface area contributed by atoms with Crippen LogP contribution in [0.3, 0.4) is 0 Å². The van der Waals surface area contributed by atoms with E-state index in [4.69, 9.17) is 4.42 Å². The maximum atomic E-state index is 13.0. The van der Waals surface area contributed by atoms with Crippen LogP contribution in [-0.2, 0) is 13.1 Å². The molecular weight excluding hydrogens is 392 g/mol. The lowest BCUT2D eigenvalue weighted by Crippen LogP contribution is -2.24. The lowest BCUT2D eigenvalue weighted by Gasteiger charge is -2.10. The van der Waals surface area contributed by atoms with Gasteiger partial charge in [-0.25, -0.2) is 4.98 Å². The van der Waals surface area contributed by atoms with Gasteiger partial charge in [-0.15, -0.1) is 0 Å². The SMILES string of the molecule is Cc1ccccc1CNC(=O)c1ccc(Cn2c(=O)c3cccn3c3cccnc32)o1. The van der Waals surface area contributed by atoms with Crippen LogP contribution in [0.2, 0.25) is 0 Å². The first-order valence-corrected chi connectivity index (χ1v) is 9.98. The molecular formula is C24H20N4O3. The number of hydrogen-bond acceptors (Lipinski definition) is 4. The van der Waals surface area contributed by atoms with Crippen molar-refractivity contribution in [3.05, 3.63) is 106 Å². The van der Waals surface area contributed by atoms with Gasteiger partial charge in [-0.2, -0.15) is 0 Å². The molecule has 0 saturated heterocycles. The third-order valence-corrected chi connectivity index (χ3v) is 5.39. The van der Waals surface area contributed by atoms with Crippen molar-refractivity contribution >= 4 is 22.6 Å². The van der Waals surface area contributed by atoms with Crippen LogP contribution >= 0.6 is 0 Å². The number of fused-ring (bicyclic) bond motifs is 3. The summed E-state index contributed by atoms with van der Waals surface area (Å²) in [5.41, 5.74) is 3.93. The van der Waals surface area contributed by atoms with Gasteiger partial charge in [-0.3, -0.25) is 14.2 Å². The highest BCUT2D eigenvalue weighted by atomic mass is 16.4. The predicted octanol–water partition coefficient (Wildman–Crippen LogP) is 3.53. The highest BCUT2D eigenvalue weighted by Crippen LogP contribution is 2.16. The zero-order valence-corrected chi connectivity index (χ0v) is 16.9. The Morgan fingerprint density at radius 1 is 1.03 bits per heavy atom. The molecule has 0 bridgehead atoms. The summed E-state index contributed by atoms with van der Waals surface area (Å²) in [7, 11) is 0. The van der Waals surface area contributed by atoms with Crippen molar-refractivity contribution < 1.29 is 9.21 Å². The van der Waals surface area contributed by atoms with E-state index in [1.54, 1.807) is 29.0 Å². The van der Waals surface area contributed by atoms with Gasteiger partial charge in [0.05, 0.1) is 12.1 Å². The minimum atomic E-state index is -0.299. The Kier molecular flexibility index (Phi) is 4.63. The second-order valence-electron chi connectivity index (χ2n) is 7.38. The van der Waals surface area contributed by atoms with Gasteiger partial charge in [-0.05, 0) is 54.4 Å². The molecule has 7 heteroatoms. The van der Waals surface area contributed by atoms with Crippen LogP contribution in [0.4, 0.5) is 0 Å². The second-order valence-corrected chi connectivity index (χ2v) is 7.38. The fraction of sp³-hybridized carbons (Fsp3) is 0.125. The minimum absolute atomic E-state index is 0.168. The van der Waals surface area contributed by atoms with Crippen molar-refractivity contribution in [2.75, 3.05) is 0 Å². The Bertz CT molecular complexity index is 1480. The number of carbonyl (C=O) groups is 1. The van der Waals surface area contributed by atoms with E-state index in [9.17, 15) is 9.59 Å². The summed E-state index contributed by atoms with van der Waals surface area (Å²) in [4.78, 5) is 29.9. The molecule has 7 nitrogen and oxygen atoms in total. The quantitative estimate of drug-likeness (QED) is 0.479. The largest absolute Gasteiger partial charge is 0.454 e. The van der Waals surface area contributed by atoms with E-state index in [0.717, 1.165) is 16.6 Å². The molecule has 154 valence electrons. The topological polar surface area (TPSA) is 81.5 Å². The number of carbonyl (C=O) groups excluding carboxylic acids is 1. The van der Waals surface area contributed by atoms with E-state index in [-0.39, 0.29) is 23.8 Å². The van der Waals surface area contributed by atoms with Gasteiger partial charge in [0.2, 0.25) is 0 Å². The minimum Gasteiger partial charge on any atom is -0.454 e. The number of nitrogens with zero attached hydrogens (tertiary/aromatic N) is 3. The molecule has 5 rings (SSSR count). The number of benzene rings is 1. The maximum absolute atomic E-state index is 13.0. The Labute approximate surface area is 177 Å². The van der Waals surface area contributed by atoms with Crippen LogP contribution in [-0.4, -0.2) is 19.9 Å². The summed E-state index contributed by atoms with van der Waals surface area (Å²) in [5.74, 6) is 0.413. The Morgan fingerprint density at radius 2 is 1.87 bits per heavy atom. The highest BCUT2D eigenvalue weighted by Gasteiger charge is 2.15. The summed E-state index contributed by atoms with van der Waals surface area (Å²) in [5, 5.41) is 2.88. The average molecular weight is 412 g/mol.